The van der Waals surface area contributed by atoms with Crippen molar-refractivity contribution < 1.29 is 4.79 Å². The molecule has 0 aromatic heterocycles. The second-order valence-electron chi connectivity index (χ2n) is 6.11. The fourth-order valence-electron chi connectivity index (χ4n) is 3.56. The van der Waals surface area contributed by atoms with Gasteiger partial charge in [0, 0.05) is 13.0 Å². The van der Waals surface area contributed by atoms with E-state index < -0.39 is 0 Å². The van der Waals surface area contributed by atoms with Gasteiger partial charge in [-0.3, -0.25) is 4.79 Å². The van der Waals surface area contributed by atoms with Crippen LogP contribution in [-0.4, -0.2) is 12.5 Å². The maximum Gasteiger partial charge on any atom is 0.220 e. The summed E-state index contributed by atoms with van der Waals surface area (Å²) < 4.78 is 0. The molecule has 1 N–H and O–H groups in total. The summed E-state index contributed by atoms with van der Waals surface area (Å²) in [7, 11) is 0. The summed E-state index contributed by atoms with van der Waals surface area (Å²) in [6.07, 6.45) is 11.6. The SMILES string of the molecule is CCCC(CC)CNC(=O)CC1CC2C=CC1C2. The first kappa shape index (κ1) is 13.6. The van der Waals surface area contributed by atoms with E-state index in [4.69, 9.17) is 0 Å². The fraction of sp³-hybridized carbons (Fsp3) is 0.812. The highest BCUT2D eigenvalue weighted by molar-refractivity contribution is 5.76. The van der Waals surface area contributed by atoms with E-state index >= 15 is 0 Å². The molecule has 18 heavy (non-hydrogen) atoms. The zero-order valence-electron chi connectivity index (χ0n) is 11.8. The van der Waals surface area contributed by atoms with Gasteiger partial charge in [0.2, 0.25) is 5.91 Å². The Bertz CT molecular complexity index is 310. The summed E-state index contributed by atoms with van der Waals surface area (Å²) in [4.78, 5) is 12.0. The fourth-order valence-corrected chi connectivity index (χ4v) is 3.56. The topological polar surface area (TPSA) is 29.1 Å². The predicted molar refractivity (Wildman–Crippen MR) is 75.2 cm³/mol. The van der Waals surface area contributed by atoms with E-state index in [0.29, 0.717) is 17.8 Å². The Hall–Kier alpha value is -0.790. The third-order valence-electron chi connectivity index (χ3n) is 4.73. The smallest absolute Gasteiger partial charge is 0.220 e. The molecule has 4 unspecified atom stereocenters. The van der Waals surface area contributed by atoms with Crippen LogP contribution >= 0.6 is 0 Å². The molecule has 0 saturated heterocycles. The van der Waals surface area contributed by atoms with Gasteiger partial charge < -0.3 is 5.32 Å². The second-order valence-corrected chi connectivity index (χ2v) is 6.11. The number of carbonyl (C=O) groups excluding carboxylic acids is 1. The van der Waals surface area contributed by atoms with Gasteiger partial charge in [-0.25, -0.2) is 0 Å². The van der Waals surface area contributed by atoms with E-state index in [1.165, 1.54) is 32.1 Å². The van der Waals surface area contributed by atoms with Gasteiger partial charge in [-0.2, -0.15) is 0 Å². The molecule has 2 rings (SSSR count). The number of hydrogen-bond donors (Lipinski definition) is 1. The molecule has 0 radical (unpaired) electrons. The molecular formula is C16H27NO. The Kier molecular flexibility index (Phi) is 4.85. The first-order valence-corrected chi connectivity index (χ1v) is 7.67. The molecule has 2 aliphatic carbocycles. The quantitative estimate of drug-likeness (QED) is 0.687. The normalized spacial score (nSPS) is 30.7. The molecule has 102 valence electrons. The molecule has 2 heteroatoms. The Morgan fingerprint density at radius 2 is 2.17 bits per heavy atom. The maximum atomic E-state index is 12.0. The third-order valence-corrected chi connectivity index (χ3v) is 4.73. The molecule has 4 atom stereocenters. The Morgan fingerprint density at radius 1 is 1.33 bits per heavy atom. The molecule has 0 aliphatic heterocycles. The molecule has 1 amide bonds. The van der Waals surface area contributed by atoms with Gasteiger partial charge in [-0.1, -0.05) is 38.8 Å². The Balaban J connectivity index is 1.67. The minimum absolute atomic E-state index is 0.274. The Labute approximate surface area is 111 Å². The highest BCUT2D eigenvalue weighted by Crippen LogP contribution is 2.44. The van der Waals surface area contributed by atoms with Crippen molar-refractivity contribution >= 4 is 5.91 Å². The lowest BCUT2D eigenvalue weighted by Gasteiger charge is -2.19. The number of amides is 1. The van der Waals surface area contributed by atoms with E-state index in [1.54, 1.807) is 0 Å². The largest absolute Gasteiger partial charge is 0.356 e. The van der Waals surface area contributed by atoms with Crippen LogP contribution in [0.15, 0.2) is 12.2 Å². The molecular weight excluding hydrogens is 222 g/mol. The number of fused-ring (bicyclic) bond motifs is 2. The maximum absolute atomic E-state index is 12.0. The van der Waals surface area contributed by atoms with Gasteiger partial charge in [0.15, 0.2) is 0 Å². The van der Waals surface area contributed by atoms with E-state index in [1.807, 2.05) is 0 Å². The zero-order valence-corrected chi connectivity index (χ0v) is 11.8. The van der Waals surface area contributed by atoms with Crippen LogP contribution in [0, 0.1) is 23.7 Å². The average molecular weight is 249 g/mol. The highest BCUT2D eigenvalue weighted by Gasteiger charge is 2.36. The van der Waals surface area contributed by atoms with E-state index in [0.717, 1.165) is 18.9 Å². The molecule has 1 saturated carbocycles. The van der Waals surface area contributed by atoms with Crippen LogP contribution in [0.2, 0.25) is 0 Å². The van der Waals surface area contributed by atoms with Crippen LogP contribution in [0.25, 0.3) is 0 Å². The third kappa shape index (κ3) is 3.37. The summed E-state index contributed by atoms with van der Waals surface area (Å²) in [6, 6.07) is 0. The van der Waals surface area contributed by atoms with Crippen molar-refractivity contribution in [1.29, 1.82) is 0 Å². The van der Waals surface area contributed by atoms with Crippen LogP contribution in [0.4, 0.5) is 0 Å². The van der Waals surface area contributed by atoms with Crippen molar-refractivity contribution in [3.63, 3.8) is 0 Å². The van der Waals surface area contributed by atoms with Crippen molar-refractivity contribution in [3.8, 4) is 0 Å². The van der Waals surface area contributed by atoms with E-state index in [2.05, 4.69) is 31.3 Å². The summed E-state index contributed by atoms with van der Waals surface area (Å²) >= 11 is 0. The van der Waals surface area contributed by atoms with Gasteiger partial charge >= 0.3 is 0 Å². The Morgan fingerprint density at radius 3 is 2.72 bits per heavy atom. The van der Waals surface area contributed by atoms with Crippen LogP contribution in [-0.2, 0) is 4.79 Å². The minimum atomic E-state index is 0.274. The van der Waals surface area contributed by atoms with Crippen molar-refractivity contribution in [3.05, 3.63) is 12.2 Å². The first-order valence-electron chi connectivity index (χ1n) is 7.67. The molecule has 0 heterocycles. The summed E-state index contributed by atoms with van der Waals surface area (Å²) in [5, 5.41) is 3.14. The summed E-state index contributed by atoms with van der Waals surface area (Å²) in [5.74, 6) is 3.02. The van der Waals surface area contributed by atoms with Gasteiger partial charge in [0.05, 0.1) is 0 Å². The molecule has 2 aliphatic rings. The molecule has 0 aromatic rings. The number of nitrogens with one attached hydrogen (secondary N) is 1. The average Bonchev–Trinajstić information content (AvgIpc) is 2.96. The van der Waals surface area contributed by atoms with Gasteiger partial charge in [-0.05, 0) is 42.9 Å². The molecule has 0 aromatic carbocycles. The molecule has 2 bridgehead atoms. The second kappa shape index (κ2) is 6.40. The summed E-state index contributed by atoms with van der Waals surface area (Å²) in [6.45, 7) is 5.30. The lowest BCUT2D eigenvalue weighted by molar-refractivity contribution is -0.122. The first-order chi connectivity index (χ1) is 8.72. The molecule has 1 fully saturated rings. The van der Waals surface area contributed by atoms with Crippen LogP contribution in [0.5, 0.6) is 0 Å². The molecule has 2 nitrogen and oxygen atoms in total. The van der Waals surface area contributed by atoms with Crippen LogP contribution in [0.1, 0.15) is 52.4 Å². The van der Waals surface area contributed by atoms with Crippen molar-refractivity contribution in [2.75, 3.05) is 6.54 Å². The lowest BCUT2D eigenvalue weighted by atomic mass is 9.90. The number of rotatable bonds is 7. The molecule has 0 spiro atoms. The number of allylic oxidation sites excluding steroid dienone is 2. The van der Waals surface area contributed by atoms with E-state index in [-0.39, 0.29) is 5.91 Å². The monoisotopic (exact) mass is 249 g/mol. The zero-order chi connectivity index (χ0) is 13.0. The van der Waals surface area contributed by atoms with Crippen molar-refractivity contribution in [2.24, 2.45) is 23.7 Å². The van der Waals surface area contributed by atoms with Crippen LogP contribution < -0.4 is 5.32 Å². The van der Waals surface area contributed by atoms with Gasteiger partial charge in [0.1, 0.15) is 0 Å². The van der Waals surface area contributed by atoms with Crippen molar-refractivity contribution in [2.45, 2.75) is 52.4 Å². The standard InChI is InChI=1S/C16H27NO/c1-3-5-12(4-2)11-17-16(18)10-15-9-13-6-7-14(15)8-13/h6-7,12-15H,3-5,8-11H2,1-2H3,(H,17,18). The van der Waals surface area contributed by atoms with Gasteiger partial charge in [-0.15, -0.1) is 0 Å². The van der Waals surface area contributed by atoms with Crippen LogP contribution in [0.3, 0.4) is 0 Å². The highest BCUT2D eigenvalue weighted by atomic mass is 16.1. The minimum Gasteiger partial charge on any atom is -0.356 e. The van der Waals surface area contributed by atoms with Gasteiger partial charge in [0.25, 0.3) is 0 Å². The number of carbonyl (C=O) groups is 1. The summed E-state index contributed by atoms with van der Waals surface area (Å²) in [5.41, 5.74) is 0. The predicted octanol–water partition coefficient (Wildman–Crippen LogP) is 3.53. The van der Waals surface area contributed by atoms with Crippen molar-refractivity contribution in [1.82, 2.24) is 5.32 Å². The van der Waals surface area contributed by atoms with E-state index in [9.17, 15) is 4.79 Å². The lowest BCUT2D eigenvalue weighted by Crippen LogP contribution is -2.31. The number of hydrogen-bond acceptors (Lipinski definition) is 1.